The minimum atomic E-state index is -0.504. The molecule has 0 saturated carbocycles. The molecule has 6 heteroatoms. The summed E-state index contributed by atoms with van der Waals surface area (Å²) >= 11 is 6.05. The van der Waals surface area contributed by atoms with Crippen LogP contribution in [0.3, 0.4) is 0 Å². The molecule has 2 heterocycles. The van der Waals surface area contributed by atoms with Crippen LogP contribution in [0.5, 0.6) is 0 Å². The van der Waals surface area contributed by atoms with Gasteiger partial charge in [0.1, 0.15) is 0 Å². The van der Waals surface area contributed by atoms with Crippen molar-refractivity contribution in [3.05, 3.63) is 45.6 Å². The predicted molar refractivity (Wildman–Crippen MR) is 65.3 cm³/mol. The molecule has 0 bridgehead atoms. The fraction of sp³-hybridized carbons (Fsp3) is 0. The van der Waals surface area contributed by atoms with Gasteiger partial charge in [-0.3, -0.25) is 0 Å². The zero-order chi connectivity index (χ0) is 12.0. The fourth-order valence-electron chi connectivity index (χ4n) is 1.87. The molecule has 1 N–H and O–H groups in total. The number of benzene rings is 1. The number of fused-ring (bicyclic) bond motifs is 3. The summed E-state index contributed by atoms with van der Waals surface area (Å²) in [5.74, 6) is -0.152. The van der Waals surface area contributed by atoms with Crippen LogP contribution < -0.4 is 0 Å². The van der Waals surface area contributed by atoms with Gasteiger partial charge >= 0.3 is 5.82 Å². The van der Waals surface area contributed by atoms with Gasteiger partial charge in [-0.2, -0.15) is 0 Å². The van der Waals surface area contributed by atoms with Crippen LogP contribution in [0.4, 0.5) is 5.82 Å². The second-order valence-electron chi connectivity index (χ2n) is 3.62. The van der Waals surface area contributed by atoms with Gasteiger partial charge in [-0.1, -0.05) is 11.6 Å². The Morgan fingerprint density at radius 2 is 2.12 bits per heavy atom. The highest BCUT2D eigenvalue weighted by atomic mass is 35.5. The van der Waals surface area contributed by atoms with Gasteiger partial charge in [-0.25, -0.2) is 0 Å². The molecule has 3 aromatic rings. The molecule has 84 valence electrons. The molecule has 0 amide bonds. The van der Waals surface area contributed by atoms with E-state index in [1.165, 1.54) is 6.07 Å². The highest BCUT2D eigenvalue weighted by Gasteiger charge is 2.16. The lowest BCUT2D eigenvalue weighted by Crippen LogP contribution is -1.85. The lowest BCUT2D eigenvalue weighted by Gasteiger charge is -1.99. The number of halogens is 1. The second-order valence-corrected chi connectivity index (χ2v) is 4.03. The van der Waals surface area contributed by atoms with E-state index < -0.39 is 4.92 Å². The summed E-state index contributed by atoms with van der Waals surface area (Å²) in [5.41, 5.74) is 1.35. The molecule has 1 aromatic carbocycles. The first kappa shape index (κ1) is 10.0. The number of aromatic amines is 1. The molecule has 2 aromatic heterocycles. The number of hydrogen-bond acceptors (Lipinski definition) is 3. The maximum Gasteiger partial charge on any atom is 0.364 e. The van der Waals surface area contributed by atoms with Crippen molar-refractivity contribution < 1.29 is 4.92 Å². The van der Waals surface area contributed by atoms with Gasteiger partial charge in [-0.15, -0.1) is 0 Å². The van der Waals surface area contributed by atoms with E-state index in [2.05, 4.69) is 9.97 Å². The van der Waals surface area contributed by atoms with Crippen LogP contribution in [-0.2, 0) is 0 Å². The van der Waals surface area contributed by atoms with Crippen LogP contribution >= 0.6 is 11.6 Å². The maximum atomic E-state index is 10.7. The van der Waals surface area contributed by atoms with Crippen molar-refractivity contribution in [2.45, 2.75) is 0 Å². The molecule has 3 rings (SSSR count). The number of pyridine rings is 1. The Balaban J connectivity index is 2.47. The number of nitrogens with zero attached hydrogens (tertiary/aromatic N) is 2. The first-order valence-corrected chi connectivity index (χ1v) is 5.25. The van der Waals surface area contributed by atoms with E-state index in [9.17, 15) is 10.1 Å². The van der Waals surface area contributed by atoms with E-state index in [0.29, 0.717) is 15.9 Å². The minimum Gasteiger partial charge on any atom is -0.360 e. The van der Waals surface area contributed by atoms with Crippen molar-refractivity contribution in [2.24, 2.45) is 0 Å². The average Bonchev–Trinajstić information content (AvgIpc) is 2.73. The average molecular weight is 248 g/mol. The standard InChI is InChI=1S/C11H6ClN3O2/c12-8-3-4-13-11-6(8)1-2-9-7(11)5-10(14-9)15(16)17/h1-5,13H. The van der Waals surface area contributed by atoms with E-state index >= 15 is 0 Å². The Morgan fingerprint density at radius 3 is 2.88 bits per heavy atom. The molecule has 0 atom stereocenters. The molecule has 0 saturated heterocycles. The van der Waals surface area contributed by atoms with Gasteiger partial charge in [0.2, 0.25) is 0 Å². The second kappa shape index (κ2) is 3.43. The molecule has 17 heavy (non-hydrogen) atoms. The predicted octanol–water partition coefficient (Wildman–Crippen LogP) is 3.28. The molecular formula is C11H6ClN3O2. The van der Waals surface area contributed by atoms with Gasteiger partial charge in [0.25, 0.3) is 0 Å². The van der Waals surface area contributed by atoms with Crippen molar-refractivity contribution in [3.63, 3.8) is 0 Å². The third-order valence-corrected chi connectivity index (χ3v) is 2.96. The maximum absolute atomic E-state index is 10.7. The first-order valence-electron chi connectivity index (χ1n) is 4.87. The highest BCUT2D eigenvalue weighted by molar-refractivity contribution is 6.36. The number of hydrogen-bond donors (Lipinski definition) is 1. The topological polar surface area (TPSA) is 71.8 Å². The minimum absolute atomic E-state index is 0.152. The van der Waals surface area contributed by atoms with Crippen molar-refractivity contribution in [1.82, 2.24) is 9.97 Å². The Bertz CT molecular complexity index is 751. The van der Waals surface area contributed by atoms with Crippen molar-refractivity contribution in [3.8, 4) is 0 Å². The quantitative estimate of drug-likeness (QED) is 0.530. The molecule has 0 fully saturated rings. The molecule has 0 unspecified atom stereocenters. The number of rotatable bonds is 1. The number of H-pyrrole nitrogens is 1. The van der Waals surface area contributed by atoms with Crippen LogP contribution in [0.25, 0.3) is 21.8 Å². The van der Waals surface area contributed by atoms with Crippen molar-refractivity contribution in [1.29, 1.82) is 0 Å². The Labute approximate surface area is 100 Å². The van der Waals surface area contributed by atoms with E-state index in [1.807, 2.05) is 0 Å². The largest absolute Gasteiger partial charge is 0.364 e. The SMILES string of the molecule is O=[N+]([O-])c1cc2c(ccc3c(Cl)cc[nH]c32)n1. The summed E-state index contributed by atoms with van der Waals surface area (Å²) in [6.07, 6.45) is 1.70. The Hall–Kier alpha value is -2.14. The zero-order valence-corrected chi connectivity index (χ0v) is 9.23. The van der Waals surface area contributed by atoms with Crippen LogP contribution in [0, 0.1) is 10.1 Å². The van der Waals surface area contributed by atoms with Crippen LogP contribution in [-0.4, -0.2) is 14.9 Å². The number of nitrogens with one attached hydrogen (secondary N) is 1. The van der Waals surface area contributed by atoms with Crippen molar-refractivity contribution >= 4 is 39.2 Å². The summed E-state index contributed by atoms with van der Waals surface area (Å²) in [6.45, 7) is 0. The molecule has 0 spiro atoms. The Kier molecular flexibility index (Phi) is 2.02. The van der Waals surface area contributed by atoms with Gasteiger partial charge in [0.15, 0.2) is 5.52 Å². The van der Waals surface area contributed by atoms with Gasteiger partial charge < -0.3 is 15.1 Å². The molecule has 0 radical (unpaired) electrons. The summed E-state index contributed by atoms with van der Waals surface area (Å²) in [6, 6.07) is 6.71. The normalized spacial score (nSPS) is 11.1. The highest BCUT2D eigenvalue weighted by Crippen LogP contribution is 2.30. The lowest BCUT2D eigenvalue weighted by atomic mass is 10.1. The third-order valence-electron chi connectivity index (χ3n) is 2.63. The van der Waals surface area contributed by atoms with E-state index in [-0.39, 0.29) is 5.82 Å². The fourth-order valence-corrected chi connectivity index (χ4v) is 2.09. The lowest BCUT2D eigenvalue weighted by molar-refractivity contribution is -0.389. The third kappa shape index (κ3) is 1.43. The monoisotopic (exact) mass is 247 g/mol. The van der Waals surface area contributed by atoms with Gasteiger partial charge in [0.05, 0.1) is 15.9 Å². The first-order chi connectivity index (χ1) is 8.16. The van der Waals surface area contributed by atoms with Crippen molar-refractivity contribution in [2.75, 3.05) is 0 Å². The number of nitro groups is 1. The molecular weight excluding hydrogens is 242 g/mol. The van der Waals surface area contributed by atoms with Crippen LogP contribution in [0.1, 0.15) is 0 Å². The zero-order valence-electron chi connectivity index (χ0n) is 8.48. The van der Waals surface area contributed by atoms with E-state index in [4.69, 9.17) is 11.6 Å². The van der Waals surface area contributed by atoms with E-state index in [1.54, 1.807) is 24.4 Å². The number of aromatic nitrogens is 2. The summed E-state index contributed by atoms with van der Waals surface area (Å²) in [4.78, 5) is 17.1. The van der Waals surface area contributed by atoms with Gasteiger partial charge in [0, 0.05) is 17.6 Å². The molecule has 0 aliphatic heterocycles. The Morgan fingerprint density at radius 1 is 1.29 bits per heavy atom. The van der Waals surface area contributed by atoms with Crippen LogP contribution in [0.2, 0.25) is 5.02 Å². The van der Waals surface area contributed by atoms with Gasteiger partial charge in [-0.05, 0) is 28.1 Å². The summed E-state index contributed by atoms with van der Waals surface area (Å²) in [7, 11) is 0. The molecule has 0 aliphatic rings. The van der Waals surface area contributed by atoms with Crippen LogP contribution in [0.15, 0.2) is 30.5 Å². The summed E-state index contributed by atoms with van der Waals surface area (Å²) < 4.78 is 0. The molecule has 0 aliphatic carbocycles. The smallest absolute Gasteiger partial charge is 0.360 e. The van der Waals surface area contributed by atoms with E-state index in [0.717, 1.165) is 10.9 Å². The molecule has 5 nitrogen and oxygen atoms in total. The summed E-state index contributed by atoms with van der Waals surface area (Å²) in [5, 5.41) is 12.8.